The van der Waals surface area contributed by atoms with Crippen molar-refractivity contribution in [2.24, 2.45) is 11.1 Å². The van der Waals surface area contributed by atoms with Crippen LogP contribution in [0.2, 0.25) is 5.02 Å². The van der Waals surface area contributed by atoms with E-state index in [1.165, 1.54) is 29.2 Å². The summed E-state index contributed by atoms with van der Waals surface area (Å²) in [6, 6.07) is 11.3. The van der Waals surface area contributed by atoms with Gasteiger partial charge in [-0.05, 0) is 63.8 Å². The first-order valence-electron chi connectivity index (χ1n) is 13.2. The Hall–Kier alpha value is -4.04. The van der Waals surface area contributed by atoms with Crippen molar-refractivity contribution in [3.05, 3.63) is 52.8 Å². The maximum absolute atomic E-state index is 13.7. The lowest BCUT2D eigenvalue weighted by molar-refractivity contribution is -0.140. The van der Waals surface area contributed by atoms with Gasteiger partial charge in [0.1, 0.15) is 22.9 Å². The maximum atomic E-state index is 13.7. The molecule has 0 aliphatic carbocycles. The van der Waals surface area contributed by atoms with Gasteiger partial charge in [-0.25, -0.2) is 9.18 Å². The zero-order valence-corrected chi connectivity index (χ0v) is 23.9. The molecule has 4 rings (SSSR count). The minimum absolute atomic E-state index is 0.0963. The van der Waals surface area contributed by atoms with Crippen molar-refractivity contribution in [3.63, 3.8) is 0 Å². The van der Waals surface area contributed by atoms with Crippen molar-refractivity contribution >= 4 is 35.2 Å². The molecule has 1 atom stereocenters. The molecular weight excluding hydrogens is 555 g/mol. The van der Waals surface area contributed by atoms with Gasteiger partial charge in [-0.1, -0.05) is 23.7 Å². The quantitative estimate of drug-likeness (QED) is 0.535. The van der Waals surface area contributed by atoms with E-state index in [4.69, 9.17) is 31.5 Å². The van der Waals surface area contributed by atoms with Gasteiger partial charge in [0.05, 0.1) is 28.7 Å². The highest BCUT2D eigenvalue weighted by Crippen LogP contribution is 2.42. The third-order valence-corrected chi connectivity index (χ3v) is 7.20. The number of nitrogens with zero attached hydrogens (tertiary/aromatic N) is 3. The predicted octanol–water partition coefficient (Wildman–Crippen LogP) is 4.22. The smallest absolute Gasteiger partial charge is 0.415 e. The molecule has 0 aromatic heterocycles. The van der Waals surface area contributed by atoms with E-state index in [0.29, 0.717) is 32.4 Å². The van der Waals surface area contributed by atoms with Crippen LogP contribution < -0.4 is 20.1 Å². The van der Waals surface area contributed by atoms with Crippen LogP contribution in [0.25, 0.3) is 0 Å². The highest BCUT2D eigenvalue weighted by molar-refractivity contribution is 6.32. The van der Waals surface area contributed by atoms with E-state index in [9.17, 15) is 24.0 Å². The largest absolute Gasteiger partial charge is 0.482 e. The van der Waals surface area contributed by atoms with Gasteiger partial charge in [0.2, 0.25) is 0 Å². The molecular formula is C29H32ClFN4O6. The van der Waals surface area contributed by atoms with E-state index in [1.54, 1.807) is 37.8 Å². The molecule has 0 saturated carbocycles. The molecule has 3 amide bonds. The Balaban J connectivity index is 1.54. The minimum Gasteiger partial charge on any atom is -0.482 e. The zero-order valence-electron chi connectivity index (χ0n) is 23.1. The average molecular weight is 587 g/mol. The number of carbonyl (C=O) groups is 3. The van der Waals surface area contributed by atoms with Crippen molar-refractivity contribution in [2.45, 2.75) is 51.7 Å². The molecule has 2 aromatic rings. The van der Waals surface area contributed by atoms with Gasteiger partial charge in [-0.3, -0.25) is 14.5 Å². The lowest BCUT2D eigenvalue weighted by Gasteiger charge is -2.41. The van der Waals surface area contributed by atoms with Crippen molar-refractivity contribution in [1.29, 1.82) is 5.26 Å². The summed E-state index contributed by atoms with van der Waals surface area (Å²) >= 11 is 6.34. The van der Waals surface area contributed by atoms with Gasteiger partial charge < -0.3 is 24.8 Å². The number of hydrogen-bond acceptors (Lipinski definition) is 7. The molecule has 2 aliphatic rings. The van der Waals surface area contributed by atoms with Crippen molar-refractivity contribution in [3.8, 4) is 17.6 Å². The molecule has 0 bridgehead atoms. The second-order valence-corrected chi connectivity index (χ2v) is 11.6. The van der Waals surface area contributed by atoms with E-state index < -0.39 is 35.7 Å². The molecule has 2 heterocycles. The summed E-state index contributed by atoms with van der Waals surface area (Å²) in [6.45, 7) is 5.23. The van der Waals surface area contributed by atoms with Crippen LogP contribution >= 0.6 is 11.6 Å². The van der Waals surface area contributed by atoms with E-state index in [-0.39, 0.29) is 40.5 Å². The summed E-state index contributed by atoms with van der Waals surface area (Å²) in [7, 11) is 0. The molecule has 0 spiro atoms. The molecule has 12 heteroatoms. The number of hydrogen-bond donors (Lipinski definition) is 1. The predicted molar refractivity (Wildman–Crippen MR) is 148 cm³/mol. The Morgan fingerprint density at radius 3 is 2.44 bits per heavy atom. The van der Waals surface area contributed by atoms with Crippen molar-refractivity contribution in [1.82, 2.24) is 4.90 Å². The molecule has 0 radical (unpaired) electrons. The lowest BCUT2D eigenvalue weighted by Crippen LogP contribution is -2.54. The second-order valence-electron chi connectivity index (χ2n) is 11.2. The van der Waals surface area contributed by atoms with Crippen LogP contribution in [0, 0.1) is 22.6 Å². The number of halogens is 2. The Morgan fingerprint density at radius 1 is 1.20 bits per heavy atom. The number of benzene rings is 2. The SMILES string of the molecule is CC(C)(C)OC(=O)N1CC(C(=O)N2CCC(C#N)(Cc3ccc(F)cc3)CC2)Oc2cc(OCC(N)=O)c(Cl)cc21. The lowest BCUT2D eigenvalue weighted by atomic mass is 9.75. The molecule has 2 aliphatic heterocycles. The number of piperidine rings is 1. The average Bonchev–Trinajstić information content (AvgIpc) is 2.91. The maximum Gasteiger partial charge on any atom is 0.415 e. The van der Waals surface area contributed by atoms with Crippen LogP contribution in [0.4, 0.5) is 14.9 Å². The summed E-state index contributed by atoms with van der Waals surface area (Å²) in [4.78, 5) is 41.0. The number of likely N-dealkylation sites (tertiary alicyclic amines) is 1. The fourth-order valence-electron chi connectivity index (χ4n) is 4.84. The first-order valence-corrected chi connectivity index (χ1v) is 13.5. The van der Waals surface area contributed by atoms with Crippen molar-refractivity contribution < 1.29 is 33.0 Å². The van der Waals surface area contributed by atoms with E-state index >= 15 is 0 Å². The highest BCUT2D eigenvalue weighted by Gasteiger charge is 2.42. The number of anilines is 1. The monoisotopic (exact) mass is 586 g/mol. The fraction of sp³-hybridized carbons (Fsp3) is 0.448. The van der Waals surface area contributed by atoms with E-state index in [1.807, 2.05) is 0 Å². The molecule has 10 nitrogen and oxygen atoms in total. The second kappa shape index (κ2) is 11.8. The normalized spacial score (nSPS) is 18.0. The van der Waals surface area contributed by atoms with Crippen LogP contribution in [0.3, 0.4) is 0 Å². The van der Waals surface area contributed by atoms with Crippen LogP contribution in [0.1, 0.15) is 39.2 Å². The van der Waals surface area contributed by atoms with Crippen LogP contribution in [0.15, 0.2) is 36.4 Å². The number of primary amides is 1. The first-order chi connectivity index (χ1) is 19.3. The Kier molecular flexibility index (Phi) is 8.63. The molecule has 1 fully saturated rings. The summed E-state index contributed by atoms with van der Waals surface area (Å²) in [5.41, 5.74) is 4.81. The van der Waals surface area contributed by atoms with Crippen LogP contribution in [0.5, 0.6) is 11.5 Å². The van der Waals surface area contributed by atoms with E-state index in [2.05, 4.69) is 6.07 Å². The highest BCUT2D eigenvalue weighted by atomic mass is 35.5. The molecule has 218 valence electrons. The standard InChI is InChI=1S/C29H32ClFN4O6/c1-28(2,3)41-27(38)35-15-24(40-23-13-22(39-16-25(33)36)20(30)12-21(23)35)26(37)34-10-8-29(17-32,9-11-34)14-18-4-6-19(31)7-5-18/h4-7,12-13,24H,8-11,14-16H2,1-3H3,(H2,33,36). The number of nitriles is 1. The Bertz CT molecular complexity index is 1360. The molecule has 41 heavy (non-hydrogen) atoms. The van der Waals surface area contributed by atoms with Crippen LogP contribution in [-0.2, 0) is 20.7 Å². The van der Waals surface area contributed by atoms with E-state index in [0.717, 1.165) is 5.56 Å². The summed E-state index contributed by atoms with van der Waals surface area (Å²) in [5.74, 6) is -1.17. The number of amides is 3. The molecule has 2 N–H and O–H groups in total. The topological polar surface area (TPSA) is 135 Å². The number of nitrogens with two attached hydrogens (primary N) is 1. The van der Waals surface area contributed by atoms with Crippen molar-refractivity contribution in [2.75, 3.05) is 31.1 Å². The summed E-state index contributed by atoms with van der Waals surface area (Å²) in [5, 5.41) is 10.1. The third-order valence-electron chi connectivity index (χ3n) is 6.91. The minimum atomic E-state index is -1.08. The molecule has 1 unspecified atom stereocenters. The van der Waals surface area contributed by atoms with Gasteiger partial charge >= 0.3 is 6.09 Å². The van der Waals surface area contributed by atoms with Gasteiger partial charge in [0, 0.05) is 19.2 Å². The van der Waals surface area contributed by atoms with Crippen LogP contribution in [-0.4, -0.2) is 60.8 Å². The van der Waals surface area contributed by atoms with Gasteiger partial charge in [0.15, 0.2) is 12.7 Å². The summed E-state index contributed by atoms with van der Waals surface area (Å²) in [6.07, 6.45) is -0.478. The summed E-state index contributed by atoms with van der Waals surface area (Å²) < 4.78 is 30.3. The third kappa shape index (κ3) is 7.19. The van der Waals surface area contributed by atoms with Gasteiger partial charge in [-0.2, -0.15) is 5.26 Å². The Morgan fingerprint density at radius 2 is 1.85 bits per heavy atom. The molecule has 2 aromatic carbocycles. The first kappa shape index (κ1) is 29.9. The fourth-order valence-corrected chi connectivity index (χ4v) is 5.05. The number of ether oxygens (including phenoxy) is 3. The number of fused-ring (bicyclic) bond motifs is 1. The zero-order chi connectivity index (χ0) is 29.9. The number of carbonyl (C=O) groups excluding carboxylic acids is 3. The van der Waals surface area contributed by atoms with Gasteiger partial charge in [0.25, 0.3) is 11.8 Å². The number of rotatable bonds is 6. The van der Waals surface area contributed by atoms with Gasteiger partial charge in [-0.15, -0.1) is 0 Å². The Labute approximate surface area is 242 Å². The molecule has 1 saturated heterocycles.